The zero-order valence-electron chi connectivity index (χ0n) is 11.9. The summed E-state index contributed by atoms with van der Waals surface area (Å²) in [5.41, 5.74) is 1.23. The van der Waals surface area contributed by atoms with E-state index in [1.54, 1.807) is 0 Å². The van der Waals surface area contributed by atoms with Crippen LogP contribution in [-0.4, -0.2) is 20.5 Å². The molecule has 0 bridgehead atoms. The Morgan fingerprint density at radius 1 is 1.15 bits per heavy atom. The van der Waals surface area contributed by atoms with Crippen LogP contribution in [0.25, 0.3) is 10.9 Å². The van der Waals surface area contributed by atoms with Crippen molar-refractivity contribution in [2.24, 2.45) is 0 Å². The number of benzene rings is 1. The quantitative estimate of drug-likeness (QED) is 0.711. The number of nitrogens with zero attached hydrogens (tertiary/aromatic N) is 3. The highest BCUT2D eigenvalue weighted by Crippen LogP contribution is 2.22. The Hall–Kier alpha value is -2.23. The zero-order valence-corrected chi connectivity index (χ0v) is 11.9. The third-order valence-corrected chi connectivity index (χ3v) is 3.24. The first-order valence-electron chi connectivity index (χ1n) is 6.95. The predicted octanol–water partition coefficient (Wildman–Crippen LogP) is 3.33. The second-order valence-corrected chi connectivity index (χ2v) is 5.17. The van der Waals surface area contributed by atoms with Crippen molar-refractivity contribution in [1.82, 2.24) is 14.3 Å². The number of ether oxygens (including phenoxy) is 1. The lowest BCUT2D eigenvalue weighted by atomic mass is 10.2. The molecular weight excluding hydrogens is 250 g/mol. The lowest BCUT2D eigenvalue weighted by Gasteiger charge is -2.10. The molecular formula is C16H19N3O. The van der Waals surface area contributed by atoms with E-state index in [0.717, 1.165) is 18.8 Å². The monoisotopic (exact) mass is 269 g/mol. The van der Waals surface area contributed by atoms with E-state index in [2.05, 4.69) is 34.1 Å². The summed E-state index contributed by atoms with van der Waals surface area (Å²) in [6.07, 6.45) is 6.12. The molecule has 0 N–H and O–H groups in total. The molecule has 0 amide bonds. The maximum Gasteiger partial charge on any atom is 0.120 e. The molecule has 4 nitrogen and oxygen atoms in total. The molecule has 3 rings (SSSR count). The van der Waals surface area contributed by atoms with Gasteiger partial charge in [-0.2, -0.15) is 5.10 Å². The maximum atomic E-state index is 5.73. The Labute approximate surface area is 118 Å². The molecule has 0 atom stereocenters. The van der Waals surface area contributed by atoms with E-state index in [4.69, 9.17) is 4.74 Å². The van der Waals surface area contributed by atoms with Crippen molar-refractivity contribution in [3.63, 3.8) is 0 Å². The molecule has 0 aliphatic rings. The highest BCUT2D eigenvalue weighted by Gasteiger charge is 2.04. The van der Waals surface area contributed by atoms with Crippen molar-refractivity contribution >= 4 is 10.9 Å². The first kappa shape index (κ1) is 12.8. The van der Waals surface area contributed by atoms with Gasteiger partial charge in [-0.1, -0.05) is 0 Å². The third-order valence-electron chi connectivity index (χ3n) is 3.24. The van der Waals surface area contributed by atoms with Crippen LogP contribution < -0.4 is 4.74 Å². The molecule has 0 saturated heterocycles. The van der Waals surface area contributed by atoms with Crippen LogP contribution in [-0.2, 0) is 13.1 Å². The second-order valence-electron chi connectivity index (χ2n) is 5.17. The molecule has 0 spiro atoms. The highest BCUT2D eigenvalue weighted by molar-refractivity contribution is 5.81. The van der Waals surface area contributed by atoms with Gasteiger partial charge in [-0.3, -0.25) is 4.68 Å². The van der Waals surface area contributed by atoms with Crippen LogP contribution in [0.5, 0.6) is 5.75 Å². The molecule has 0 aliphatic carbocycles. The number of rotatable bonds is 5. The lowest BCUT2D eigenvalue weighted by molar-refractivity contribution is 0.243. The van der Waals surface area contributed by atoms with Crippen molar-refractivity contribution in [1.29, 1.82) is 0 Å². The van der Waals surface area contributed by atoms with E-state index in [1.165, 1.54) is 10.9 Å². The molecule has 4 heteroatoms. The Morgan fingerprint density at radius 3 is 2.80 bits per heavy atom. The van der Waals surface area contributed by atoms with E-state index >= 15 is 0 Å². The van der Waals surface area contributed by atoms with Gasteiger partial charge in [0.15, 0.2) is 0 Å². The van der Waals surface area contributed by atoms with Crippen LogP contribution in [0, 0.1) is 0 Å². The predicted molar refractivity (Wildman–Crippen MR) is 79.9 cm³/mol. The first-order valence-corrected chi connectivity index (χ1v) is 6.95. The van der Waals surface area contributed by atoms with Gasteiger partial charge in [-0.15, -0.1) is 0 Å². The summed E-state index contributed by atoms with van der Waals surface area (Å²) in [6.45, 7) is 5.87. The molecule has 0 radical (unpaired) electrons. The van der Waals surface area contributed by atoms with Crippen LogP contribution in [0.3, 0.4) is 0 Å². The van der Waals surface area contributed by atoms with Gasteiger partial charge in [-0.25, -0.2) is 0 Å². The standard InChI is InChI=1S/C16H19N3O/c1-13(2)20-15-4-5-16-14(12-15)6-9-18(16)10-11-19-8-3-7-17-19/h3-9,12-13H,10-11H2,1-2H3. The summed E-state index contributed by atoms with van der Waals surface area (Å²) in [5.74, 6) is 0.928. The minimum absolute atomic E-state index is 0.203. The average molecular weight is 269 g/mol. The summed E-state index contributed by atoms with van der Waals surface area (Å²) in [4.78, 5) is 0. The Morgan fingerprint density at radius 2 is 2.05 bits per heavy atom. The van der Waals surface area contributed by atoms with E-state index in [9.17, 15) is 0 Å². The Bertz CT molecular complexity index is 683. The van der Waals surface area contributed by atoms with Crippen molar-refractivity contribution in [2.75, 3.05) is 0 Å². The van der Waals surface area contributed by atoms with Crippen molar-refractivity contribution < 1.29 is 4.74 Å². The van der Waals surface area contributed by atoms with Crippen molar-refractivity contribution in [3.8, 4) is 5.75 Å². The van der Waals surface area contributed by atoms with Gasteiger partial charge >= 0.3 is 0 Å². The fraction of sp³-hybridized carbons (Fsp3) is 0.312. The average Bonchev–Trinajstić information content (AvgIpc) is 3.04. The Balaban J connectivity index is 1.79. The molecule has 0 unspecified atom stereocenters. The molecule has 0 saturated carbocycles. The van der Waals surface area contributed by atoms with E-state index < -0.39 is 0 Å². The summed E-state index contributed by atoms with van der Waals surface area (Å²) in [7, 11) is 0. The molecule has 20 heavy (non-hydrogen) atoms. The molecule has 104 valence electrons. The fourth-order valence-electron chi connectivity index (χ4n) is 2.36. The summed E-state index contributed by atoms with van der Waals surface area (Å²) in [5, 5.41) is 5.44. The van der Waals surface area contributed by atoms with Crippen molar-refractivity contribution in [2.45, 2.75) is 33.0 Å². The van der Waals surface area contributed by atoms with Crippen LogP contribution in [0.15, 0.2) is 48.9 Å². The highest BCUT2D eigenvalue weighted by atomic mass is 16.5. The normalized spacial score (nSPS) is 11.3. The van der Waals surface area contributed by atoms with E-state index in [0.29, 0.717) is 0 Å². The minimum Gasteiger partial charge on any atom is -0.491 e. The van der Waals surface area contributed by atoms with Crippen LogP contribution in [0.1, 0.15) is 13.8 Å². The van der Waals surface area contributed by atoms with Crippen LogP contribution >= 0.6 is 0 Å². The summed E-state index contributed by atoms with van der Waals surface area (Å²) < 4.78 is 9.92. The largest absolute Gasteiger partial charge is 0.491 e. The van der Waals surface area contributed by atoms with Crippen molar-refractivity contribution in [3.05, 3.63) is 48.9 Å². The van der Waals surface area contributed by atoms with E-state index in [-0.39, 0.29) is 6.10 Å². The third kappa shape index (κ3) is 2.69. The van der Waals surface area contributed by atoms with E-state index in [1.807, 2.05) is 43.1 Å². The molecule has 0 fully saturated rings. The number of hydrogen-bond acceptors (Lipinski definition) is 2. The fourth-order valence-corrected chi connectivity index (χ4v) is 2.36. The first-order chi connectivity index (χ1) is 9.72. The van der Waals surface area contributed by atoms with Crippen LogP contribution in [0.4, 0.5) is 0 Å². The van der Waals surface area contributed by atoms with Gasteiger partial charge in [0, 0.05) is 36.0 Å². The number of aromatic nitrogens is 3. The Kier molecular flexibility index (Phi) is 3.46. The molecule has 2 aromatic heterocycles. The SMILES string of the molecule is CC(C)Oc1ccc2c(ccn2CCn2cccn2)c1. The van der Waals surface area contributed by atoms with Gasteiger partial charge in [0.1, 0.15) is 5.75 Å². The zero-order chi connectivity index (χ0) is 13.9. The molecule has 3 aromatic rings. The summed E-state index contributed by atoms with van der Waals surface area (Å²) >= 11 is 0. The second kappa shape index (κ2) is 5.41. The van der Waals surface area contributed by atoms with Crippen LogP contribution in [0.2, 0.25) is 0 Å². The van der Waals surface area contributed by atoms with Gasteiger partial charge in [0.2, 0.25) is 0 Å². The smallest absolute Gasteiger partial charge is 0.120 e. The molecule has 1 aromatic carbocycles. The lowest BCUT2D eigenvalue weighted by Crippen LogP contribution is -2.07. The van der Waals surface area contributed by atoms with Gasteiger partial charge in [-0.05, 0) is 44.2 Å². The van der Waals surface area contributed by atoms with Gasteiger partial charge < -0.3 is 9.30 Å². The number of fused-ring (bicyclic) bond motifs is 1. The molecule has 0 aliphatic heterocycles. The summed E-state index contributed by atoms with van der Waals surface area (Å²) in [6, 6.07) is 10.3. The van der Waals surface area contributed by atoms with Gasteiger partial charge in [0.25, 0.3) is 0 Å². The maximum absolute atomic E-state index is 5.73. The topological polar surface area (TPSA) is 32.0 Å². The van der Waals surface area contributed by atoms with Gasteiger partial charge in [0.05, 0.1) is 12.6 Å². The number of aryl methyl sites for hydroxylation is 2. The molecule has 2 heterocycles. The minimum atomic E-state index is 0.203. The number of hydrogen-bond donors (Lipinski definition) is 0.